The van der Waals surface area contributed by atoms with Gasteiger partial charge in [0, 0.05) is 17.6 Å². The van der Waals surface area contributed by atoms with E-state index in [2.05, 4.69) is 22.5 Å². The van der Waals surface area contributed by atoms with E-state index in [1.54, 1.807) is 30.2 Å². The van der Waals surface area contributed by atoms with Gasteiger partial charge in [-0.05, 0) is 35.9 Å². The van der Waals surface area contributed by atoms with Crippen molar-refractivity contribution < 1.29 is 19.1 Å². The smallest absolute Gasteiger partial charge is 0.265 e. The van der Waals surface area contributed by atoms with Gasteiger partial charge in [0.1, 0.15) is 18.0 Å². The number of carbonyl (C=O) groups excluding carboxylic acids is 2. The Morgan fingerprint density at radius 1 is 1.32 bits per heavy atom. The summed E-state index contributed by atoms with van der Waals surface area (Å²) in [6.45, 7) is 4.40. The average Bonchev–Trinajstić information content (AvgIpc) is 2.70. The number of hydrogen-bond donors (Lipinski definition) is 0. The molecule has 3 rings (SSSR count). The fourth-order valence-corrected chi connectivity index (χ4v) is 3.29. The summed E-state index contributed by atoms with van der Waals surface area (Å²) in [4.78, 5) is 28.5. The maximum absolute atomic E-state index is 13.0. The Morgan fingerprint density at radius 3 is 2.75 bits per heavy atom. The van der Waals surface area contributed by atoms with E-state index in [1.165, 1.54) is 4.90 Å². The third-order valence-electron chi connectivity index (χ3n) is 4.39. The predicted octanol–water partition coefficient (Wildman–Crippen LogP) is 3.40. The molecule has 0 saturated heterocycles. The molecule has 0 radical (unpaired) electrons. The van der Waals surface area contributed by atoms with E-state index in [0.29, 0.717) is 24.5 Å². The second-order valence-corrected chi connectivity index (χ2v) is 7.21. The number of methoxy groups -OCH3 is 1. The zero-order valence-electron chi connectivity index (χ0n) is 15.6. The van der Waals surface area contributed by atoms with Gasteiger partial charge in [0.2, 0.25) is 5.91 Å². The molecule has 0 N–H and O–H groups in total. The summed E-state index contributed by atoms with van der Waals surface area (Å²) >= 11 is 3.39. The Morgan fingerprint density at radius 2 is 2.07 bits per heavy atom. The minimum absolute atomic E-state index is 0.0547. The maximum atomic E-state index is 13.0. The van der Waals surface area contributed by atoms with E-state index in [1.807, 2.05) is 30.3 Å². The topological polar surface area (TPSA) is 59.1 Å². The van der Waals surface area contributed by atoms with Crippen LogP contribution in [-0.2, 0) is 16.1 Å². The molecule has 1 aliphatic rings. The van der Waals surface area contributed by atoms with Crippen molar-refractivity contribution in [3.63, 3.8) is 0 Å². The van der Waals surface area contributed by atoms with Crippen molar-refractivity contribution in [2.24, 2.45) is 0 Å². The molecule has 0 saturated carbocycles. The van der Waals surface area contributed by atoms with Gasteiger partial charge in [0.05, 0.1) is 12.8 Å². The molecule has 146 valence electrons. The van der Waals surface area contributed by atoms with Crippen LogP contribution in [0.25, 0.3) is 0 Å². The predicted molar refractivity (Wildman–Crippen MR) is 111 cm³/mol. The Balaban J connectivity index is 1.76. The molecule has 0 atom stereocenters. The van der Waals surface area contributed by atoms with Gasteiger partial charge >= 0.3 is 0 Å². The summed E-state index contributed by atoms with van der Waals surface area (Å²) in [5.74, 6) is 0.922. The first-order valence-corrected chi connectivity index (χ1v) is 9.55. The van der Waals surface area contributed by atoms with Crippen molar-refractivity contribution >= 4 is 33.4 Å². The molecule has 0 fully saturated rings. The molecule has 2 aromatic rings. The van der Waals surface area contributed by atoms with Crippen molar-refractivity contribution in [3.8, 4) is 11.5 Å². The van der Waals surface area contributed by atoms with Crippen LogP contribution < -0.4 is 14.4 Å². The Labute approximate surface area is 172 Å². The molecule has 0 aliphatic carbocycles. The fourth-order valence-electron chi connectivity index (χ4n) is 2.95. The molecule has 0 unspecified atom stereocenters. The lowest BCUT2D eigenvalue weighted by Crippen LogP contribution is -2.46. The van der Waals surface area contributed by atoms with Gasteiger partial charge in [0.15, 0.2) is 6.61 Å². The fraction of sp³-hybridized carbons (Fsp3) is 0.238. The summed E-state index contributed by atoms with van der Waals surface area (Å²) in [5.41, 5.74) is 1.56. The minimum Gasteiger partial charge on any atom is -0.497 e. The number of nitrogens with zero attached hydrogens (tertiary/aromatic N) is 2. The van der Waals surface area contributed by atoms with Crippen molar-refractivity contribution in [1.29, 1.82) is 0 Å². The molecule has 1 aliphatic heterocycles. The number of fused-ring (bicyclic) bond motifs is 1. The number of hydrogen-bond acceptors (Lipinski definition) is 4. The van der Waals surface area contributed by atoms with E-state index in [-0.39, 0.29) is 25.0 Å². The van der Waals surface area contributed by atoms with Gasteiger partial charge in [-0.25, -0.2) is 0 Å². The standard InChI is InChI=1S/C21H21BrN2O4/c1-3-10-23(12-15-4-7-17(27-2)8-5-15)20(25)13-24-18-9-6-16(22)11-19(18)28-14-21(24)26/h3-9,11H,1,10,12-14H2,2H3. The Kier molecular flexibility index (Phi) is 6.36. The first-order chi connectivity index (χ1) is 13.5. The highest BCUT2D eigenvalue weighted by Crippen LogP contribution is 2.34. The van der Waals surface area contributed by atoms with E-state index in [0.717, 1.165) is 15.8 Å². The average molecular weight is 445 g/mol. The second kappa shape index (κ2) is 8.93. The highest BCUT2D eigenvalue weighted by atomic mass is 79.9. The van der Waals surface area contributed by atoms with Crippen molar-refractivity contribution in [3.05, 3.63) is 65.2 Å². The molecule has 0 bridgehead atoms. The first-order valence-electron chi connectivity index (χ1n) is 8.76. The SMILES string of the molecule is C=CCN(Cc1ccc(OC)cc1)C(=O)CN1C(=O)COc2cc(Br)ccc21. The Hall–Kier alpha value is -2.80. The summed E-state index contributed by atoms with van der Waals surface area (Å²) in [7, 11) is 1.61. The first kappa shape index (κ1) is 19.9. The van der Waals surface area contributed by atoms with Gasteiger partial charge in [-0.2, -0.15) is 0 Å². The summed E-state index contributed by atoms with van der Waals surface area (Å²) in [6, 6.07) is 12.9. The largest absolute Gasteiger partial charge is 0.497 e. The van der Waals surface area contributed by atoms with Crippen LogP contribution in [0.15, 0.2) is 59.6 Å². The minimum atomic E-state index is -0.244. The second-order valence-electron chi connectivity index (χ2n) is 6.29. The van der Waals surface area contributed by atoms with Gasteiger partial charge in [-0.15, -0.1) is 6.58 Å². The number of rotatable bonds is 7. The molecule has 0 spiro atoms. The molecular weight excluding hydrogens is 424 g/mol. The van der Waals surface area contributed by atoms with E-state index < -0.39 is 0 Å². The van der Waals surface area contributed by atoms with Gasteiger partial charge in [0.25, 0.3) is 5.91 Å². The van der Waals surface area contributed by atoms with Crippen molar-refractivity contribution in [1.82, 2.24) is 4.90 Å². The number of amides is 2. The molecule has 2 amide bonds. The third-order valence-corrected chi connectivity index (χ3v) is 4.89. The monoisotopic (exact) mass is 444 g/mol. The quantitative estimate of drug-likeness (QED) is 0.614. The van der Waals surface area contributed by atoms with Gasteiger partial charge in [-0.3, -0.25) is 14.5 Å². The number of halogens is 1. The van der Waals surface area contributed by atoms with E-state index >= 15 is 0 Å². The lowest BCUT2D eigenvalue weighted by Gasteiger charge is -2.31. The lowest BCUT2D eigenvalue weighted by atomic mass is 10.2. The van der Waals surface area contributed by atoms with E-state index in [9.17, 15) is 9.59 Å². The zero-order valence-corrected chi connectivity index (χ0v) is 17.1. The summed E-state index contributed by atoms with van der Waals surface area (Å²) in [6.07, 6.45) is 1.67. The van der Waals surface area contributed by atoms with Crippen LogP contribution >= 0.6 is 15.9 Å². The molecule has 1 heterocycles. The maximum Gasteiger partial charge on any atom is 0.265 e. The summed E-state index contributed by atoms with van der Waals surface area (Å²) < 4.78 is 11.5. The van der Waals surface area contributed by atoms with Crippen LogP contribution in [0.3, 0.4) is 0 Å². The summed E-state index contributed by atoms with van der Waals surface area (Å²) in [5, 5.41) is 0. The highest BCUT2D eigenvalue weighted by molar-refractivity contribution is 9.10. The number of ether oxygens (including phenoxy) is 2. The van der Waals surface area contributed by atoms with Crippen molar-refractivity contribution in [2.75, 3.05) is 31.7 Å². The van der Waals surface area contributed by atoms with Crippen LogP contribution in [0.1, 0.15) is 5.56 Å². The van der Waals surface area contributed by atoms with Crippen LogP contribution in [0, 0.1) is 0 Å². The molecule has 2 aromatic carbocycles. The number of anilines is 1. The molecule has 28 heavy (non-hydrogen) atoms. The van der Waals surface area contributed by atoms with Crippen LogP contribution in [0.2, 0.25) is 0 Å². The van der Waals surface area contributed by atoms with Gasteiger partial charge in [-0.1, -0.05) is 34.1 Å². The lowest BCUT2D eigenvalue weighted by molar-refractivity contribution is -0.132. The molecular formula is C21H21BrN2O4. The zero-order chi connectivity index (χ0) is 20.1. The van der Waals surface area contributed by atoms with Crippen LogP contribution in [-0.4, -0.2) is 43.5 Å². The third kappa shape index (κ3) is 4.54. The number of carbonyl (C=O) groups is 2. The highest BCUT2D eigenvalue weighted by Gasteiger charge is 2.29. The number of benzene rings is 2. The van der Waals surface area contributed by atoms with Crippen molar-refractivity contribution in [2.45, 2.75) is 6.54 Å². The normalized spacial score (nSPS) is 12.8. The van der Waals surface area contributed by atoms with E-state index in [4.69, 9.17) is 9.47 Å². The molecule has 0 aromatic heterocycles. The van der Waals surface area contributed by atoms with Gasteiger partial charge < -0.3 is 14.4 Å². The molecule has 6 nitrogen and oxygen atoms in total. The Bertz CT molecular complexity index is 882. The molecule has 7 heteroatoms. The van der Waals surface area contributed by atoms with Crippen LogP contribution in [0.5, 0.6) is 11.5 Å². The van der Waals surface area contributed by atoms with Crippen LogP contribution in [0.4, 0.5) is 5.69 Å².